The van der Waals surface area contributed by atoms with E-state index in [1.807, 2.05) is 0 Å². The third-order valence-electron chi connectivity index (χ3n) is 4.35. The normalized spacial score (nSPS) is 18.1. The molecule has 1 aromatic heterocycles. The lowest BCUT2D eigenvalue weighted by molar-refractivity contribution is 0.0794. The van der Waals surface area contributed by atoms with E-state index in [0.717, 1.165) is 12.8 Å². The molecule has 3 heterocycles. The number of carbonyl (C=O) groups excluding carboxylic acids is 1. The van der Waals surface area contributed by atoms with Gasteiger partial charge in [0.2, 0.25) is 0 Å². The maximum Gasteiger partial charge on any atom is 0.280 e. The Morgan fingerprint density at radius 1 is 1.25 bits per heavy atom. The van der Waals surface area contributed by atoms with Crippen molar-refractivity contribution in [3.05, 3.63) is 41.9 Å². The van der Waals surface area contributed by atoms with Crippen LogP contribution in [0.5, 0.6) is 5.75 Å². The molecule has 0 bridgehead atoms. The zero-order chi connectivity index (χ0) is 16.5. The first-order valence-electron chi connectivity index (χ1n) is 8.00. The summed E-state index contributed by atoms with van der Waals surface area (Å²) >= 11 is 0. The van der Waals surface area contributed by atoms with Gasteiger partial charge in [-0.15, -0.1) is 0 Å². The fourth-order valence-electron chi connectivity index (χ4n) is 3.09. The van der Waals surface area contributed by atoms with Crippen molar-refractivity contribution in [3.63, 3.8) is 0 Å². The van der Waals surface area contributed by atoms with E-state index in [1.54, 1.807) is 12.1 Å². The molecular formula is C17H17FN2O4. The number of anilines is 1. The molecule has 1 saturated heterocycles. The van der Waals surface area contributed by atoms with Gasteiger partial charge in [0, 0.05) is 19.1 Å². The quantitative estimate of drug-likeness (QED) is 0.846. The highest BCUT2D eigenvalue weighted by molar-refractivity contribution is 6.05. The highest BCUT2D eigenvalue weighted by Crippen LogP contribution is 2.35. The van der Waals surface area contributed by atoms with Gasteiger partial charge in [0.25, 0.3) is 5.91 Å². The van der Waals surface area contributed by atoms with Crippen molar-refractivity contribution in [3.8, 4) is 5.75 Å². The van der Waals surface area contributed by atoms with Crippen LogP contribution in [0.2, 0.25) is 0 Å². The summed E-state index contributed by atoms with van der Waals surface area (Å²) < 4.78 is 30.4. The molecule has 6 nitrogen and oxygen atoms in total. The summed E-state index contributed by atoms with van der Waals surface area (Å²) in [6.45, 7) is 1.91. The first-order chi connectivity index (χ1) is 11.7. The van der Waals surface area contributed by atoms with Crippen LogP contribution in [-0.2, 0) is 4.74 Å². The summed E-state index contributed by atoms with van der Waals surface area (Å²) in [5, 5.41) is 0. The summed E-state index contributed by atoms with van der Waals surface area (Å²) in [5.41, 5.74) is 0.344. The largest absolute Gasteiger partial charge is 0.489 e. The molecule has 24 heavy (non-hydrogen) atoms. The number of amides is 1. The number of rotatable bonds is 2. The Balaban J connectivity index is 1.60. The summed E-state index contributed by atoms with van der Waals surface area (Å²) in [4.78, 5) is 18.5. The third-order valence-corrected chi connectivity index (χ3v) is 4.35. The van der Waals surface area contributed by atoms with Gasteiger partial charge in [-0.25, -0.2) is 9.37 Å². The van der Waals surface area contributed by atoms with E-state index in [2.05, 4.69) is 4.98 Å². The van der Waals surface area contributed by atoms with Crippen LogP contribution in [-0.4, -0.2) is 37.3 Å². The maximum absolute atomic E-state index is 14.2. The van der Waals surface area contributed by atoms with E-state index in [1.165, 1.54) is 17.2 Å². The lowest BCUT2D eigenvalue weighted by Crippen LogP contribution is -2.38. The van der Waals surface area contributed by atoms with Gasteiger partial charge in [0.1, 0.15) is 24.3 Å². The molecule has 1 aromatic carbocycles. The van der Waals surface area contributed by atoms with Crippen molar-refractivity contribution < 1.29 is 23.1 Å². The molecule has 0 atom stereocenters. The molecule has 1 fully saturated rings. The number of hydrogen-bond donors (Lipinski definition) is 0. The third kappa shape index (κ3) is 2.65. The molecule has 2 aliphatic rings. The number of nitrogens with zero attached hydrogens (tertiary/aromatic N) is 2. The molecule has 0 radical (unpaired) electrons. The number of hydrogen-bond acceptors (Lipinski definition) is 5. The predicted octanol–water partition coefficient (Wildman–Crippen LogP) is 2.75. The SMILES string of the molecule is O=C(c1coc(C2CCOCC2)n1)N1CCOc2cccc(F)c21. The summed E-state index contributed by atoms with van der Waals surface area (Å²) in [6, 6.07) is 4.51. The highest BCUT2D eigenvalue weighted by atomic mass is 19.1. The molecule has 2 aliphatic heterocycles. The minimum atomic E-state index is -0.492. The molecule has 0 N–H and O–H groups in total. The number of benzene rings is 1. The van der Waals surface area contributed by atoms with Crippen LogP contribution >= 0.6 is 0 Å². The molecule has 0 spiro atoms. The van der Waals surface area contributed by atoms with Crippen molar-refractivity contribution in [1.82, 2.24) is 4.98 Å². The van der Waals surface area contributed by atoms with Crippen molar-refractivity contribution in [2.75, 3.05) is 31.3 Å². The Morgan fingerprint density at radius 2 is 2.08 bits per heavy atom. The Hall–Kier alpha value is -2.41. The highest BCUT2D eigenvalue weighted by Gasteiger charge is 2.30. The van der Waals surface area contributed by atoms with Gasteiger partial charge >= 0.3 is 0 Å². The Kier molecular flexibility index (Phi) is 3.93. The van der Waals surface area contributed by atoms with Crippen LogP contribution in [0, 0.1) is 5.82 Å². The number of oxazole rings is 1. The average Bonchev–Trinajstić information content (AvgIpc) is 3.12. The van der Waals surface area contributed by atoms with E-state index in [9.17, 15) is 9.18 Å². The van der Waals surface area contributed by atoms with Gasteiger partial charge in [-0.2, -0.15) is 0 Å². The predicted molar refractivity (Wildman–Crippen MR) is 82.9 cm³/mol. The van der Waals surface area contributed by atoms with Crippen molar-refractivity contribution in [1.29, 1.82) is 0 Å². The molecule has 0 unspecified atom stereocenters. The minimum Gasteiger partial charge on any atom is -0.489 e. The van der Waals surface area contributed by atoms with Crippen molar-refractivity contribution in [2.24, 2.45) is 0 Å². The Morgan fingerprint density at radius 3 is 2.92 bits per heavy atom. The van der Waals surface area contributed by atoms with E-state index < -0.39 is 5.82 Å². The number of carbonyl (C=O) groups is 1. The number of ether oxygens (including phenoxy) is 2. The Labute approximate surface area is 138 Å². The molecule has 0 aliphatic carbocycles. The summed E-state index contributed by atoms with van der Waals surface area (Å²) in [6.07, 6.45) is 3.00. The fraction of sp³-hybridized carbons (Fsp3) is 0.412. The minimum absolute atomic E-state index is 0.157. The monoisotopic (exact) mass is 332 g/mol. The van der Waals surface area contributed by atoms with Crippen LogP contribution in [0.3, 0.4) is 0 Å². The average molecular weight is 332 g/mol. The second-order valence-electron chi connectivity index (χ2n) is 5.85. The standard InChI is InChI=1S/C17H17FN2O4/c18-12-2-1-3-14-15(12)20(6-9-23-14)17(21)13-10-24-16(19-13)11-4-7-22-8-5-11/h1-3,10-11H,4-9H2. The molecule has 2 aromatic rings. The van der Waals surface area contributed by atoms with Crippen LogP contribution in [0.1, 0.15) is 35.1 Å². The topological polar surface area (TPSA) is 64.8 Å². The van der Waals surface area contributed by atoms with Gasteiger partial charge in [-0.3, -0.25) is 9.69 Å². The molecule has 1 amide bonds. The van der Waals surface area contributed by atoms with E-state index in [-0.39, 0.29) is 29.8 Å². The van der Waals surface area contributed by atoms with E-state index >= 15 is 0 Å². The van der Waals surface area contributed by atoms with Gasteiger partial charge < -0.3 is 13.9 Å². The molecule has 126 valence electrons. The van der Waals surface area contributed by atoms with Crippen LogP contribution in [0.15, 0.2) is 28.9 Å². The summed E-state index contributed by atoms with van der Waals surface area (Å²) in [5.74, 6) is 0.195. The smallest absolute Gasteiger partial charge is 0.280 e. The Bertz CT molecular complexity index is 755. The molecule has 0 saturated carbocycles. The first-order valence-corrected chi connectivity index (χ1v) is 8.00. The van der Waals surface area contributed by atoms with Gasteiger partial charge in [-0.1, -0.05) is 6.07 Å². The number of para-hydroxylation sites is 1. The molecular weight excluding hydrogens is 315 g/mol. The van der Waals surface area contributed by atoms with Crippen LogP contribution in [0.25, 0.3) is 0 Å². The number of halogens is 1. The van der Waals surface area contributed by atoms with Crippen LogP contribution in [0.4, 0.5) is 10.1 Å². The van der Waals surface area contributed by atoms with Gasteiger partial charge in [-0.05, 0) is 25.0 Å². The lowest BCUT2D eigenvalue weighted by Gasteiger charge is -2.29. The zero-order valence-electron chi connectivity index (χ0n) is 13.0. The molecule has 7 heteroatoms. The van der Waals surface area contributed by atoms with Crippen LogP contribution < -0.4 is 9.64 Å². The fourth-order valence-corrected chi connectivity index (χ4v) is 3.09. The van der Waals surface area contributed by atoms with Gasteiger partial charge in [0.15, 0.2) is 17.4 Å². The van der Waals surface area contributed by atoms with E-state index in [4.69, 9.17) is 13.9 Å². The number of fused-ring (bicyclic) bond motifs is 1. The van der Waals surface area contributed by atoms with Crippen molar-refractivity contribution >= 4 is 11.6 Å². The van der Waals surface area contributed by atoms with Crippen molar-refractivity contribution in [2.45, 2.75) is 18.8 Å². The van der Waals surface area contributed by atoms with Gasteiger partial charge in [0.05, 0.1) is 6.54 Å². The second kappa shape index (κ2) is 6.24. The lowest BCUT2D eigenvalue weighted by atomic mass is 10.0. The molecule has 4 rings (SSSR count). The maximum atomic E-state index is 14.2. The second-order valence-corrected chi connectivity index (χ2v) is 5.85. The van der Waals surface area contributed by atoms with E-state index in [0.29, 0.717) is 31.5 Å². The summed E-state index contributed by atoms with van der Waals surface area (Å²) in [7, 11) is 0. The number of aromatic nitrogens is 1. The zero-order valence-corrected chi connectivity index (χ0v) is 13.0. The first kappa shape index (κ1) is 15.1.